The van der Waals surface area contributed by atoms with E-state index < -0.39 is 0 Å². The van der Waals surface area contributed by atoms with E-state index in [1.807, 2.05) is 43.7 Å². The second kappa shape index (κ2) is 5.65. The summed E-state index contributed by atoms with van der Waals surface area (Å²) < 4.78 is 1.98. The van der Waals surface area contributed by atoms with Crippen LogP contribution in [0.1, 0.15) is 21.4 Å². The Balaban J connectivity index is 1.86. The number of hydrogen-bond donors (Lipinski definition) is 1. The van der Waals surface area contributed by atoms with Gasteiger partial charge in [0.2, 0.25) is 0 Å². The predicted octanol–water partition coefficient (Wildman–Crippen LogP) is 3.26. The number of hydrogen-bond acceptors (Lipinski definition) is 5. The third-order valence-electron chi connectivity index (χ3n) is 3.28. The number of aryl methyl sites for hydroxylation is 3. The van der Waals surface area contributed by atoms with Crippen LogP contribution in [0, 0.1) is 20.8 Å². The van der Waals surface area contributed by atoms with Crippen LogP contribution in [0.15, 0.2) is 30.7 Å². The second-order valence-electron chi connectivity index (χ2n) is 4.81. The van der Waals surface area contributed by atoms with Gasteiger partial charge in [-0.2, -0.15) is 0 Å². The monoisotopic (exact) mass is 299 g/mol. The highest BCUT2D eigenvalue weighted by molar-refractivity contribution is 7.11. The number of rotatable bonds is 4. The van der Waals surface area contributed by atoms with Crippen LogP contribution in [0.3, 0.4) is 0 Å². The van der Waals surface area contributed by atoms with Gasteiger partial charge in [0.1, 0.15) is 5.82 Å². The van der Waals surface area contributed by atoms with E-state index in [2.05, 4.69) is 20.3 Å². The number of nitrogens with one attached hydrogen (secondary N) is 1. The maximum Gasteiger partial charge on any atom is 0.161 e. The van der Waals surface area contributed by atoms with E-state index in [0.29, 0.717) is 0 Å². The molecule has 21 heavy (non-hydrogen) atoms. The molecule has 0 aliphatic rings. The van der Waals surface area contributed by atoms with Crippen molar-refractivity contribution in [3.8, 4) is 5.82 Å². The lowest BCUT2D eigenvalue weighted by atomic mass is 10.3. The molecular weight excluding hydrogens is 282 g/mol. The van der Waals surface area contributed by atoms with Crippen LogP contribution in [-0.4, -0.2) is 19.5 Å². The molecule has 0 atom stereocenters. The Morgan fingerprint density at radius 2 is 2.05 bits per heavy atom. The molecule has 3 aromatic rings. The van der Waals surface area contributed by atoms with Gasteiger partial charge >= 0.3 is 0 Å². The SMILES string of the molecule is Cc1nc(C)c(CNc2cccnc2-n2ccnc2C)s1. The zero-order chi connectivity index (χ0) is 14.8. The minimum atomic E-state index is 0.754. The molecule has 0 aliphatic carbocycles. The molecule has 0 radical (unpaired) electrons. The molecule has 6 heteroatoms. The Hall–Kier alpha value is -2.21. The average molecular weight is 299 g/mol. The van der Waals surface area contributed by atoms with Gasteiger partial charge in [0.05, 0.1) is 22.9 Å². The maximum absolute atomic E-state index is 4.47. The topological polar surface area (TPSA) is 55.6 Å². The molecule has 5 nitrogen and oxygen atoms in total. The summed E-state index contributed by atoms with van der Waals surface area (Å²) in [4.78, 5) is 14.4. The average Bonchev–Trinajstić information content (AvgIpc) is 3.02. The van der Waals surface area contributed by atoms with Crippen molar-refractivity contribution < 1.29 is 0 Å². The third kappa shape index (κ3) is 2.80. The van der Waals surface area contributed by atoms with Crippen LogP contribution in [0.2, 0.25) is 0 Å². The van der Waals surface area contributed by atoms with Crippen LogP contribution >= 0.6 is 11.3 Å². The molecule has 0 aliphatic heterocycles. The van der Waals surface area contributed by atoms with Crippen LogP contribution in [0.4, 0.5) is 5.69 Å². The summed E-state index contributed by atoms with van der Waals surface area (Å²) in [6.07, 6.45) is 5.50. The lowest BCUT2D eigenvalue weighted by Gasteiger charge is -2.12. The van der Waals surface area contributed by atoms with Gasteiger partial charge in [0.15, 0.2) is 5.82 Å². The second-order valence-corrected chi connectivity index (χ2v) is 6.10. The molecular formula is C15H17N5S. The highest BCUT2D eigenvalue weighted by Gasteiger charge is 2.09. The van der Waals surface area contributed by atoms with E-state index in [-0.39, 0.29) is 0 Å². The Morgan fingerprint density at radius 1 is 1.19 bits per heavy atom. The molecule has 0 fully saturated rings. The largest absolute Gasteiger partial charge is 0.377 e. The van der Waals surface area contributed by atoms with Gasteiger partial charge in [-0.25, -0.2) is 15.0 Å². The number of imidazole rings is 1. The first-order chi connectivity index (χ1) is 10.1. The van der Waals surface area contributed by atoms with Crippen LogP contribution < -0.4 is 5.32 Å². The standard InChI is InChI=1S/C15H17N5S/c1-10-14(21-12(3)19-10)9-18-13-5-4-6-17-15(13)20-8-7-16-11(20)2/h4-8,18H,9H2,1-3H3. The van der Waals surface area contributed by atoms with Crippen LogP contribution in [-0.2, 0) is 6.54 Å². The van der Waals surface area contributed by atoms with Crippen molar-refractivity contribution >= 4 is 17.0 Å². The number of nitrogens with zero attached hydrogens (tertiary/aromatic N) is 4. The van der Waals surface area contributed by atoms with Crippen molar-refractivity contribution in [3.05, 3.63) is 52.1 Å². The smallest absolute Gasteiger partial charge is 0.161 e. The van der Waals surface area contributed by atoms with E-state index in [9.17, 15) is 0 Å². The Morgan fingerprint density at radius 3 is 2.71 bits per heavy atom. The molecule has 1 N–H and O–H groups in total. The number of thiazole rings is 1. The fourth-order valence-electron chi connectivity index (χ4n) is 2.24. The van der Waals surface area contributed by atoms with Crippen molar-refractivity contribution in [1.29, 1.82) is 0 Å². The maximum atomic E-state index is 4.47. The Bertz CT molecular complexity index is 759. The molecule has 0 aromatic carbocycles. The fourth-order valence-corrected chi connectivity index (χ4v) is 3.12. The summed E-state index contributed by atoms with van der Waals surface area (Å²) in [5.74, 6) is 1.79. The highest BCUT2D eigenvalue weighted by atomic mass is 32.1. The number of anilines is 1. The van der Waals surface area contributed by atoms with Gasteiger partial charge in [-0.3, -0.25) is 4.57 Å². The molecule has 0 unspecified atom stereocenters. The summed E-state index contributed by atoms with van der Waals surface area (Å²) >= 11 is 1.73. The highest BCUT2D eigenvalue weighted by Crippen LogP contribution is 2.22. The summed E-state index contributed by atoms with van der Waals surface area (Å²) in [7, 11) is 0. The minimum Gasteiger partial charge on any atom is -0.377 e. The van der Waals surface area contributed by atoms with Gasteiger partial charge in [-0.05, 0) is 32.9 Å². The van der Waals surface area contributed by atoms with E-state index in [0.717, 1.165) is 34.6 Å². The van der Waals surface area contributed by atoms with E-state index in [1.54, 1.807) is 23.7 Å². The number of aromatic nitrogens is 4. The van der Waals surface area contributed by atoms with Gasteiger partial charge in [0.25, 0.3) is 0 Å². The third-order valence-corrected chi connectivity index (χ3v) is 4.35. The molecule has 0 amide bonds. The first kappa shape index (κ1) is 13.8. The van der Waals surface area contributed by atoms with Crippen molar-refractivity contribution in [2.45, 2.75) is 27.3 Å². The summed E-state index contributed by atoms with van der Waals surface area (Å²) in [6.45, 7) is 6.80. The first-order valence-corrected chi connectivity index (χ1v) is 7.59. The predicted molar refractivity (Wildman–Crippen MR) is 85.0 cm³/mol. The zero-order valence-electron chi connectivity index (χ0n) is 12.3. The quantitative estimate of drug-likeness (QED) is 0.803. The minimum absolute atomic E-state index is 0.754. The van der Waals surface area contributed by atoms with Gasteiger partial charge in [0, 0.05) is 23.5 Å². The normalized spacial score (nSPS) is 10.8. The molecule has 108 valence electrons. The molecule has 0 saturated carbocycles. The molecule has 3 heterocycles. The van der Waals surface area contributed by atoms with Crippen molar-refractivity contribution in [2.24, 2.45) is 0 Å². The fraction of sp³-hybridized carbons (Fsp3) is 0.267. The lowest BCUT2D eigenvalue weighted by molar-refractivity contribution is 0.929. The molecule has 0 bridgehead atoms. The Labute approximate surface area is 127 Å². The first-order valence-electron chi connectivity index (χ1n) is 6.77. The zero-order valence-corrected chi connectivity index (χ0v) is 13.1. The van der Waals surface area contributed by atoms with E-state index >= 15 is 0 Å². The van der Waals surface area contributed by atoms with Crippen molar-refractivity contribution in [1.82, 2.24) is 19.5 Å². The van der Waals surface area contributed by atoms with E-state index in [1.165, 1.54) is 4.88 Å². The molecule has 0 saturated heterocycles. The van der Waals surface area contributed by atoms with Crippen LogP contribution in [0.5, 0.6) is 0 Å². The molecule has 3 rings (SSSR count). The van der Waals surface area contributed by atoms with Crippen LogP contribution in [0.25, 0.3) is 5.82 Å². The molecule has 3 aromatic heterocycles. The summed E-state index contributed by atoms with van der Waals surface area (Å²) in [5, 5.41) is 4.56. The summed E-state index contributed by atoms with van der Waals surface area (Å²) in [6, 6.07) is 3.97. The lowest BCUT2D eigenvalue weighted by Crippen LogP contribution is -2.06. The summed E-state index contributed by atoms with van der Waals surface area (Å²) in [5.41, 5.74) is 2.08. The Kier molecular flexibility index (Phi) is 3.70. The van der Waals surface area contributed by atoms with Gasteiger partial charge < -0.3 is 5.32 Å². The molecule has 0 spiro atoms. The van der Waals surface area contributed by atoms with Gasteiger partial charge in [-0.1, -0.05) is 0 Å². The van der Waals surface area contributed by atoms with Gasteiger partial charge in [-0.15, -0.1) is 11.3 Å². The van der Waals surface area contributed by atoms with Crippen molar-refractivity contribution in [3.63, 3.8) is 0 Å². The van der Waals surface area contributed by atoms with Crippen molar-refractivity contribution in [2.75, 3.05) is 5.32 Å². The number of pyridine rings is 1. The van der Waals surface area contributed by atoms with E-state index in [4.69, 9.17) is 0 Å².